The van der Waals surface area contributed by atoms with Crippen LogP contribution in [-0.2, 0) is 11.2 Å². The number of amides is 1. The van der Waals surface area contributed by atoms with E-state index in [1.54, 1.807) is 7.11 Å². The third kappa shape index (κ3) is 3.47. The Labute approximate surface area is 136 Å². The molecule has 0 aliphatic carbocycles. The Morgan fingerprint density at radius 2 is 2.00 bits per heavy atom. The van der Waals surface area contributed by atoms with Gasteiger partial charge in [-0.15, -0.1) is 0 Å². The molecule has 23 heavy (non-hydrogen) atoms. The molecule has 0 bridgehead atoms. The number of rotatable bonds is 4. The van der Waals surface area contributed by atoms with E-state index in [0.29, 0.717) is 6.42 Å². The first-order chi connectivity index (χ1) is 11.2. The summed E-state index contributed by atoms with van der Waals surface area (Å²) in [6, 6.07) is 9.92. The number of methoxy groups -OCH3 is 1. The number of H-pyrrole nitrogens is 1. The van der Waals surface area contributed by atoms with E-state index < -0.39 is 0 Å². The monoisotopic (exact) mass is 314 g/mol. The molecule has 1 amide bonds. The molecule has 1 fully saturated rings. The highest BCUT2D eigenvalue weighted by molar-refractivity contribution is 5.78. The van der Waals surface area contributed by atoms with Gasteiger partial charge in [-0.1, -0.05) is 12.1 Å². The van der Waals surface area contributed by atoms with Gasteiger partial charge >= 0.3 is 0 Å². The quantitative estimate of drug-likeness (QED) is 0.931. The van der Waals surface area contributed by atoms with Crippen molar-refractivity contribution >= 4 is 11.6 Å². The number of piperazine rings is 1. The number of benzene rings is 1. The Balaban J connectivity index is 1.58. The number of anilines is 1. The van der Waals surface area contributed by atoms with Gasteiger partial charge in [0.25, 0.3) is 0 Å². The summed E-state index contributed by atoms with van der Waals surface area (Å²) in [4.78, 5) is 16.5. The van der Waals surface area contributed by atoms with Crippen LogP contribution in [0.3, 0.4) is 0 Å². The molecule has 1 aromatic carbocycles. The van der Waals surface area contributed by atoms with Crippen molar-refractivity contribution < 1.29 is 9.53 Å². The van der Waals surface area contributed by atoms with Crippen LogP contribution in [0.25, 0.3) is 0 Å². The SMILES string of the molecule is COc1ccccc1N1CCN(C(=O)Cc2cc(C)[nH]n2)CC1. The summed E-state index contributed by atoms with van der Waals surface area (Å²) < 4.78 is 5.42. The van der Waals surface area contributed by atoms with E-state index in [1.165, 1.54) is 0 Å². The predicted octanol–water partition coefficient (Wildman–Crippen LogP) is 1.62. The van der Waals surface area contributed by atoms with Crippen LogP contribution in [0.1, 0.15) is 11.4 Å². The molecule has 122 valence electrons. The molecular weight excluding hydrogens is 292 g/mol. The van der Waals surface area contributed by atoms with Crippen LogP contribution in [-0.4, -0.2) is 54.3 Å². The van der Waals surface area contributed by atoms with Gasteiger partial charge in [0, 0.05) is 31.9 Å². The number of carbonyl (C=O) groups excluding carboxylic acids is 1. The van der Waals surface area contributed by atoms with Crippen LogP contribution >= 0.6 is 0 Å². The first kappa shape index (κ1) is 15.4. The Hall–Kier alpha value is -2.50. The van der Waals surface area contributed by atoms with E-state index in [-0.39, 0.29) is 5.91 Å². The average molecular weight is 314 g/mol. The summed E-state index contributed by atoms with van der Waals surface area (Å²) in [5.74, 6) is 1.01. The lowest BCUT2D eigenvalue weighted by atomic mass is 10.2. The zero-order valence-electron chi connectivity index (χ0n) is 13.6. The van der Waals surface area contributed by atoms with E-state index in [1.807, 2.05) is 36.1 Å². The third-order valence-corrected chi connectivity index (χ3v) is 4.15. The summed E-state index contributed by atoms with van der Waals surface area (Å²) in [6.45, 7) is 5.00. The van der Waals surface area contributed by atoms with Crippen molar-refractivity contribution in [1.29, 1.82) is 0 Å². The fourth-order valence-corrected chi connectivity index (χ4v) is 2.92. The summed E-state index contributed by atoms with van der Waals surface area (Å²) in [5.41, 5.74) is 2.87. The van der Waals surface area contributed by atoms with Crippen molar-refractivity contribution in [3.05, 3.63) is 41.7 Å². The topological polar surface area (TPSA) is 61.5 Å². The van der Waals surface area contributed by atoms with Crippen LogP contribution < -0.4 is 9.64 Å². The number of nitrogens with zero attached hydrogens (tertiary/aromatic N) is 3. The highest BCUT2D eigenvalue weighted by Gasteiger charge is 2.23. The lowest BCUT2D eigenvalue weighted by Gasteiger charge is -2.36. The summed E-state index contributed by atoms with van der Waals surface area (Å²) >= 11 is 0. The van der Waals surface area contributed by atoms with Crippen LogP contribution in [0, 0.1) is 6.92 Å². The predicted molar refractivity (Wildman–Crippen MR) is 88.8 cm³/mol. The van der Waals surface area contributed by atoms with E-state index in [9.17, 15) is 4.79 Å². The second kappa shape index (κ2) is 6.73. The van der Waals surface area contributed by atoms with Gasteiger partial charge in [0.1, 0.15) is 5.75 Å². The summed E-state index contributed by atoms with van der Waals surface area (Å²) in [7, 11) is 1.68. The molecule has 0 radical (unpaired) electrons. The van der Waals surface area contributed by atoms with Crippen molar-refractivity contribution in [2.24, 2.45) is 0 Å². The van der Waals surface area contributed by atoms with Crippen molar-refractivity contribution in [2.75, 3.05) is 38.2 Å². The lowest BCUT2D eigenvalue weighted by molar-refractivity contribution is -0.130. The molecule has 2 aromatic rings. The molecule has 1 aromatic heterocycles. The molecule has 0 unspecified atom stereocenters. The highest BCUT2D eigenvalue weighted by Crippen LogP contribution is 2.28. The first-order valence-electron chi connectivity index (χ1n) is 7.84. The molecule has 1 aliphatic heterocycles. The summed E-state index contributed by atoms with van der Waals surface area (Å²) in [5, 5.41) is 7.01. The van der Waals surface area contributed by atoms with Gasteiger partial charge in [0.15, 0.2) is 0 Å². The largest absolute Gasteiger partial charge is 0.495 e. The second-order valence-corrected chi connectivity index (χ2v) is 5.76. The number of hydrogen-bond acceptors (Lipinski definition) is 4. The van der Waals surface area contributed by atoms with Gasteiger partial charge < -0.3 is 14.5 Å². The number of para-hydroxylation sites is 2. The minimum Gasteiger partial charge on any atom is -0.495 e. The summed E-state index contributed by atoms with van der Waals surface area (Å²) in [6.07, 6.45) is 0.360. The Bertz CT molecular complexity index is 675. The van der Waals surface area contributed by atoms with Gasteiger partial charge in [-0.05, 0) is 25.1 Å². The van der Waals surface area contributed by atoms with Crippen LogP contribution in [0.4, 0.5) is 5.69 Å². The van der Waals surface area contributed by atoms with Crippen molar-refractivity contribution in [3.8, 4) is 5.75 Å². The van der Waals surface area contributed by atoms with E-state index in [2.05, 4.69) is 21.2 Å². The highest BCUT2D eigenvalue weighted by atomic mass is 16.5. The minimum absolute atomic E-state index is 0.135. The van der Waals surface area contributed by atoms with Crippen molar-refractivity contribution in [3.63, 3.8) is 0 Å². The standard InChI is InChI=1S/C17H22N4O2/c1-13-11-14(19-18-13)12-17(22)21-9-7-20(8-10-21)15-5-3-4-6-16(15)23-2/h3-6,11H,7-10,12H2,1-2H3,(H,18,19). The zero-order valence-corrected chi connectivity index (χ0v) is 13.6. The smallest absolute Gasteiger partial charge is 0.228 e. The normalized spacial score (nSPS) is 14.9. The minimum atomic E-state index is 0.135. The van der Waals surface area contributed by atoms with Crippen molar-refractivity contribution in [2.45, 2.75) is 13.3 Å². The number of carbonyl (C=O) groups is 1. The number of aromatic amines is 1. The molecule has 3 rings (SSSR count). The van der Waals surface area contributed by atoms with Crippen LogP contribution in [0.2, 0.25) is 0 Å². The van der Waals surface area contributed by atoms with Gasteiger partial charge in [0.2, 0.25) is 5.91 Å². The van der Waals surface area contributed by atoms with Gasteiger partial charge in [-0.3, -0.25) is 9.89 Å². The van der Waals surface area contributed by atoms with Crippen molar-refractivity contribution in [1.82, 2.24) is 15.1 Å². The Kier molecular flexibility index (Phi) is 4.50. The molecule has 1 saturated heterocycles. The molecule has 0 spiro atoms. The number of ether oxygens (including phenoxy) is 1. The third-order valence-electron chi connectivity index (χ3n) is 4.15. The molecule has 6 nitrogen and oxygen atoms in total. The second-order valence-electron chi connectivity index (χ2n) is 5.76. The molecule has 1 aliphatic rings. The fourth-order valence-electron chi connectivity index (χ4n) is 2.92. The Morgan fingerprint density at radius 1 is 1.26 bits per heavy atom. The Morgan fingerprint density at radius 3 is 2.65 bits per heavy atom. The maximum absolute atomic E-state index is 12.4. The lowest BCUT2D eigenvalue weighted by Crippen LogP contribution is -2.49. The number of hydrogen-bond donors (Lipinski definition) is 1. The molecular formula is C17H22N4O2. The number of aryl methyl sites for hydroxylation is 1. The van der Waals surface area contributed by atoms with E-state index in [4.69, 9.17) is 4.74 Å². The number of aromatic nitrogens is 2. The van der Waals surface area contributed by atoms with Gasteiger partial charge in [0.05, 0.1) is 24.9 Å². The van der Waals surface area contributed by atoms with Gasteiger partial charge in [-0.25, -0.2) is 0 Å². The molecule has 6 heteroatoms. The van der Waals surface area contributed by atoms with Gasteiger partial charge in [-0.2, -0.15) is 5.10 Å². The van der Waals surface area contributed by atoms with Crippen LogP contribution in [0.5, 0.6) is 5.75 Å². The fraction of sp³-hybridized carbons (Fsp3) is 0.412. The first-order valence-corrected chi connectivity index (χ1v) is 7.84. The van der Waals surface area contributed by atoms with E-state index >= 15 is 0 Å². The van der Waals surface area contributed by atoms with E-state index in [0.717, 1.165) is 49.0 Å². The average Bonchev–Trinajstić information content (AvgIpc) is 3.00. The number of nitrogens with one attached hydrogen (secondary N) is 1. The molecule has 0 atom stereocenters. The molecule has 2 heterocycles. The molecule has 1 N–H and O–H groups in total. The maximum Gasteiger partial charge on any atom is 0.228 e. The zero-order chi connectivity index (χ0) is 16.2. The van der Waals surface area contributed by atoms with Crippen LogP contribution in [0.15, 0.2) is 30.3 Å². The maximum atomic E-state index is 12.4. The molecule has 0 saturated carbocycles.